The first-order chi connectivity index (χ1) is 12.2. The van der Waals surface area contributed by atoms with Crippen molar-refractivity contribution in [1.29, 1.82) is 0 Å². The van der Waals surface area contributed by atoms with E-state index in [4.69, 9.17) is 13.6 Å². The number of nitrogens with zero attached hydrogens (tertiary/aromatic N) is 3. The second kappa shape index (κ2) is 5.69. The van der Waals surface area contributed by atoms with Crippen LogP contribution in [0.4, 0.5) is 0 Å². The number of aryl methyl sites for hydroxylation is 1. The van der Waals surface area contributed by atoms with Crippen molar-refractivity contribution in [2.75, 3.05) is 13.1 Å². The summed E-state index contributed by atoms with van der Waals surface area (Å²) in [6.45, 7) is 3.17. The van der Waals surface area contributed by atoms with Crippen LogP contribution in [0.15, 0.2) is 21.2 Å². The van der Waals surface area contributed by atoms with E-state index in [0.717, 1.165) is 38.1 Å². The number of piperidine rings is 1. The Bertz CT molecular complexity index is 794. The van der Waals surface area contributed by atoms with Gasteiger partial charge in [0.1, 0.15) is 11.9 Å². The maximum absolute atomic E-state index is 12.7. The van der Waals surface area contributed by atoms with E-state index in [2.05, 4.69) is 10.2 Å². The molecule has 1 aliphatic carbocycles. The van der Waals surface area contributed by atoms with Crippen LogP contribution in [0.1, 0.15) is 65.6 Å². The minimum atomic E-state index is -0.138. The number of fused-ring (bicyclic) bond motifs is 1. The molecule has 5 rings (SSSR count). The van der Waals surface area contributed by atoms with Crippen molar-refractivity contribution in [2.45, 2.75) is 50.7 Å². The molecule has 1 saturated carbocycles. The van der Waals surface area contributed by atoms with Crippen molar-refractivity contribution in [2.24, 2.45) is 5.92 Å². The van der Waals surface area contributed by atoms with Gasteiger partial charge >= 0.3 is 0 Å². The van der Waals surface area contributed by atoms with E-state index < -0.39 is 0 Å². The minimum absolute atomic E-state index is 0.0190. The zero-order valence-electron chi connectivity index (χ0n) is 14.2. The number of likely N-dealkylation sites (tertiary alicyclic amines) is 1. The first-order valence-electron chi connectivity index (χ1n) is 9.01. The Labute approximate surface area is 145 Å². The van der Waals surface area contributed by atoms with Crippen LogP contribution in [0, 0.1) is 12.8 Å². The predicted octanol–water partition coefficient (Wildman–Crippen LogP) is 2.84. The molecular formula is C18H21N3O4. The molecule has 0 aromatic carbocycles. The number of hydrogen-bond donors (Lipinski definition) is 0. The molecule has 3 fully saturated rings. The third-order valence-corrected chi connectivity index (χ3v) is 5.59. The summed E-state index contributed by atoms with van der Waals surface area (Å²) in [5.41, 5.74) is 0.638. The molecule has 4 heterocycles. The summed E-state index contributed by atoms with van der Waals surface area (Å²) in [6.07, 6.45) is 5.57. The van der Waals surface area contributed by atoms with E-state index in [0.29, 0.717) is 35.6 Å². The van der Waals surface area contributed by atoms with E-state index in [1.54, 1.807) is 12.3 Å². The highest BCUT2D eigenvalue weighted by Gasteiger charge is 2.43. The lowest BCUT2D eigenvalue weighted by molar-refractivity contribution is -0.0125. The minimum Gasteiger partial charge on any atom is -0.469 e. The monoisotopic (exact) mass is 343 g/mol. The zero-order chi connectivity index (χ0) is 17.0. The fourth-order valence-electron chi connectivity index (χ4n) is 3.92. The number of aromatic nitrogens is 2. The molecule has 0 bridgehead atoms. The van der Waals surface area contributed by atoms with Gasteiger partial charge in [-0.05, 0) is 44.6 Å². The Hall–Kier alpha value is -2.15. The van der Waals surface area contributed by atoms with Crippen LogP contribution in [0.5, 0.6) is 0 Å². The van der Waals surface area contributed by atoms with Gasteiger partial charge in [-0.3, -0.25) is 4.79 Å². The summed E-state index contributed by atoms with van der Waals surface area (Å²) in [6, 6.07) is 1.74. The summed E-state index contributed by atoms with van der Waals surface area (Å²) >= 11 is 0. The molecule has 2 saturated heterocycles. The van der Waals surface area contributed by atoms with Crippen molar-refractivity contribution in [3.05, 3.63) is 35.4 Å². The lowest BCUT2D eigenvalue weighted by Gasteiger charge is -2.33. The van der Waals surface area contributed by atoms with Gasteiger partial charge in [-0.2, -0.15) is 0 Å². The molecule has 0 unspecified atom stereocenters. The summed E-state index contributed by atoms with van der Waals surface area (Å²) in [5.74, 6) is 2.92. The van der Waals surface area contributed by atoms with Gasteiger partial charge in [-0.15, -0.1) is 10.2 Å². The Morgan fingerprint density at radius 3 is 2.84 bits per heavy atom. The number of amides is 1. The van der Waals surface area contributed by atoms with Gasteiger partial charge < -0.3 is 18.5 Å². The third-order valence-electron chi connectivity index (χ3n) is 5.59. The molecule has 0 spiro atoms. The first-order valence-corrected chi connectivity index (χ1v) is 9.01. The van der Waals surface area contributed by atoms with E-state index >= 15 is 0 Å². The molecule has 3 atom stereocenters. The molecule has 132 valence electrons. The Balaban J connectivity index is 1.27. The van der Waals surface area contributed by atoms with Gasteiger partial charge in [0.15, 0.2) is 0 Å². The fraction of sp³-hybridized carbons (Fsp3) is 0.611. The van der Waals surface area contributed by atoms with E-state index in [-0.39, 0.29) is 18.1 Å². The highest BCUT2D eigenvalue weighted by molar-refractivity contribution is 5.95. The molecule has 3 aliphatic rings. The normalized spacial score (nSPS) is 29.0. The summed E-state index contributed by atoms with van der Waals surface area (Å²) in [7, 11) is 0. The molecule has 7 nitrogen and oxygen atoms in total. The predicted molar refractivity (Wildman–Crippen MR) is 86.0 cm³/mol. The number of rotatable bonds is 3. The topological polar surface area (TPSA) is 81.6 Å². The molecular weight excluding hydrogens is 322 g/mol. The molecule has 0 N–H and O–H groups in total. The van der Waals surface area contributed by atoms with Gasteiger partial charge in [0.25, 0.3) is 5.91 Å². The van der Waals surface area contributed by atoms with Gasteiger partial charge in [-0.25, -0.2) is 0 Å². The smallest absolute Gasteiger partial charge is 0.257 e. The van der Waals surface area contributed by atoms with Gasteiger partial charge in [0.05, 0.1) is 17.9 Å². The lowest BCUT2D eigenvalue weighted by atomic mass is 9.91. The van der Waals surface area contributed by atoms with Crippen LogP contribution in [-0.2, 0) is 4.74 Å². The number of carbonyl (C=O) groups excluding carboxylic acids is 1. The maximum Gasteiger partial charge on any atom is 0.257 e. The van der Waals surface area contributed by atoms with Crippen molar-refractivity contribution in [3.63, 3.8) is 0 Å². The number of furan rings is 1. The van der Waals surface area contributed by atoms with Crippen LogP contribution < -0.4 is 0 Å². The van der Waals surface area contributed by atoms with Gasteiger partial charge in [0, 0.05) is 19.0 Å². The largest absolute Gasteiger partial charge is 0.469 e. The highest BCUT2D eigenvalue weighted by atomic mass is 16.5. The average Bonchev–Trinajstić information content (AvgIpc) is 3.03. The van der Waals surface area contributed by atoms with Crippen molar-refractivity contribution < 1.29 is 18.4 Å². The standard InChI is InChI=1S/C18H21N3O4/c1-10-13(5-7-23-10)18(22)21-6-4-12-8-14(24-15(12)9-21)17-20-19-16(25-17)11-2-3-11/h5,7,11-12,14-15H,2-4,6,8-9H2,1H3/t12-,14-,15+/m1/s1. The average molecular weight is 343 g/mol. The molecule has 2 aromatic rings. The molecule has 7 heteroatoms. The van der Waals surface area contributed by atoms with E-state index in [1.165, 1.54) is 0 Å². The Kier molecular flexibility index (Phi) is 3.45. The SMILES string of the molecule is Cc1occc1C(=O)N1CC[C@@H]2C[C@H](c3nnc(C4CC4)o3)O[C@H]2C1. The summed E-state index contributed by atoms with van der Waals surface area (Å²) in [5, 5.41) is 8.34. The van der Waals surface area contributed by atoms with E-state index in [1.807, 2.05) is 11.8 Å². The fourth-order valence-corrected chi connectivity index (χ4v) is 3.92. The molecule has 2 aliphatic heterocycles. The Morgan fingerprint density at radius 2 is 2.08 bits per heavy atom. The van der Waals surface area contributed by atoms with Crippen LogP contribution in [0.3, 0.4) is 0 Å². The second-order valence-electron chi connectivity index (χ2n) is 7.34. The van der Waals surface area contributed by atoms with E-state index in [9.17, 15) is 4.79 Å². The number of ether oxygens (including phenoxy) is 1. The second-order valence-corrected chi connectivity index (χ2v) is 7.34. The Morgan fingerprint density at radius 1 is 1.24 bits per heavy atom. The molecule has 2 aromatic heterocycles. The van der Waals surface area contributed by atoms with Crippen molar-refractivity contribution in [1.82, 2.24) is 15.1 Å². The first kappa shape index (κ1) is 15.1. The maximum atomic E-state index is 12.7. The summed E-state index contributed by atoms with van der Waals surface area (Å²) in [4.78, 5) is 14.5. The number of hydrogen-bond acceptors (Lipinski definition) is 6. The highest BCUT2D eigenvalue weighted by Crippen LogP contribution is 2.43. The van der Waals surface area contributed by atoms with Crippen molar-refractivity contribution >= 4 is 5.91 Å². The summed E-state index contributed by atoms with van der Waals surface area (Å²) < 4.78 is 17.2. The quantitative estimate of drug-likeness (QED) is 0.852. The van der Waals surface area contributed by atoms with Crippen LogP contribution in [0.2, 0.25) is 0 Å². The van der Waals surface area contributed by atoms with Crippen LogP contribution in [0.25, 0.3) is 0 Å². The van der Waals surface area contributed by atoms with Crippen LogP contribution in [-0.4, -0.2) is 40.2 Å². The lowest BCUT2D eigenvalue weighted by Crippen LogP contribution is -2.45. The number of carbonyl (C=O) groups is 1. The molecule has 1 amide bonds. The molecule has 25 heavy (non-hydrogen) atoms. The van der Waals surface area contributed by atoms with Gasteiger partial charge in [-0.1, -0.05) is 0 Å². The van der Waals surface area contributed by atoms with Crippen LogP contribution >= 0.6 is 0 Å². The molecule has 0 radical (unpaired) electrons. The third kappa shape index (κ3) is 2.66. The zero-order valence-corrected chi connectivity index (χ0v) is 14.2. The van der Waals surface area contributed by atoms with Gasteiger partial charge in [0.2, 0.25) is 11.8 Å². The van der Waals surface area contributed by atoms with Crippen molar-refractivity contribution in [3.8, 4) is 0 Å².